The Bertz CT molecular complexity index is 556. The Labute approximate surface area is 120 Å². The van der Waals surface area contributed by atoms with E-state index >= 15 is 0 Å². The van der Waals surface area contributed by atoms with Crippen molar-refractivity contribution in [2.24, 2.45) is 0 Å². The van der Waals surface area contributed by atoms with Crippen molar-refractivity contribution in [2.45, 2.75) is 45.6 Å². The second kappa shape index (κ2) is 6.07. The van der Waals surface area contributed by atoms with Crippen molar-refractivity contribution in [1.82, 2.24) is 14.8 Å². The van der Waals surface area contributed by atoms with Crippen LogP contribution in [-0.2, 0) is 19.4 Å². The van der Waals surface area contributed by atoms with E-state index in [4.69, 9.17) is 0 Å². The smallest absolute Gasteiger partial charge is 0.134 e. The van der Waals surface area contributed by atoms with Crippen LogP contribution in [0.4, 0.5) is 5.69 Å². The van der Waals surface area contributed by atoms with Gasteiger partial charge in [-0.2, -0.15) is 0 Å². The lowest BCUT2D eigenvalue weighted by atomic mass is 10.2. The standard InChI is InChI=1S/C16H22N4/c1-13-6-8-14(9-7-13)17-11-10-16-19-18-15-5-3-2-4-12-20(15)16/h6-9,17H,2-5,10-12H2,1H3. The molecule has 0 bridgehead atoms. The number of nitrogens with one attached hydrogen (secondary N) is 1. The summed E-state index contributed by atoms with van der Waals surface area (Å²) in [5.41, 5.74) is 2.46. The second-order valence-corrected chi connectivity index (χ2v) is 5.54. The largest absolute Gasteiger partial charge is 0.385 e. The Morgan fingerprint density at radius 1 is 1.10 bits per heavy atom. The molecule has 1 aromatic heterocycles. The predicted octanol–water partition coefficient (Wildman–Crippen LogP) is 2.97. The van der Waals surface area contributed by atoms with Gasteiger partial charge >= 0.3 is 0 Å². The highest BCUT2D eigenvalue weighted by atomic mass is 15.3. The van der Waals surface area contributed by atoms with Crippen LogP contribution in [0, 0.1) is 6.92 Å². The minimum atomic E-state index is 0.904. The topological polar surface area (TPSA) is 42.7 Å². The Morgan fingerprint density at radius 3 is 2.80 bits per heavy atom. The van der Waals surface area contributed by atoms with Gasteiger partial charge in [-0.25, -0.2) is 0 Å². The summed E-state index contributed by atoms with van der Waals surface area (Å²) in [6, 6.07) is 8.51. The molecule has 0 saturated carbocycles. The normalized spacial score (nSPS) is 14.7. The highest BCUT2D eigenvalue weighted by molar-refractivity contribution is 5.44. The van der Waals surface area contributed by atoms with Gasteiger partial charge in [-0.1, -0.05) is 24.1 Å². The van der Waals surface area contributed by atoms with E-state index < -0.39 is 0 Å². The Morgan fingerprint density at radius 2 is 1.95 bits per heavy atom. The van der Waals surface area contributed by atoms with Crippen LogP contribution in [0.3, 0.4) is 0 Å². The summed E-state index contributed by atoms with van der Waals surface area (Å²) in [7, 11) is 0. The van der Waals surface area contributed by atoms with Crippen molar-refractivity contribution in [3.8, 4) is 0 Å². The van der Waals surface area contributed by atoms with Gasteiger partial charge < -0.3 is 9.88 Å². The van der Waals surface area contributed by atoms with Gasteiger partial charge in [-0.05, 0) is 31.9 Å². The van der Waals surface area contributed by atoms with Gasteiger partial charge in [-0.15, -0.1) is 10.2 Å². The average molecular weight is 270 g/mol. The molecule has 4 nitrogen and oxygen atoms in total. The van der Waals surface area contributed by atoms with Crippen LogP contribution >= 0.6 is 0 Å². The van der Waals surface area contributed by atoms with E-state index in [2.05, 4.69) is 51.3 Å². The van der Waals surface area contributed by atoms with E-state index in [0.717, 1.165) is 31.8 Å². The lowest BCUT2D eigenvalue weighted by Gasteiger charge is -2.08. The number of hydrogen-bond acceptors (Lipinski definition) is 3. The van der Waals surface area contributed by atoms with Gasteiger partial charge in [-0.3, -0.25) is 0 Å². The van der Waals surface area contributed by atoms with Crippen LogP contribution < -0.4 is 5.32 Å². The van der Waals surface area contributed by atoms with Crippen molar-refractivity contribution < 1.29 is 0 Å². The third kappa shape index (κ3) is 3.00. The zero-order chi connectivity index (χ0) is 13.8. The van der Waals surface area contributed by atoms with Crippen molar-refractivity contribution in [3.63, 3.8) is 0 Å². The highest BCUT2D eigenvalue weighted by Crippen LogP contribution is 2.15. The molecule has 0 aliphatic carbocycles. The molecular weight excluding hydrogens is 248 g/mol. The van der Waals surface area contributed by atoms with Crippen LogP contribution in [0.25, 0.3) is 0 Å². The Kier molecular flexibility index (Phi) is 4.00. The quantitative estimate of drug-likeness (QED) is 0.928. The number of hydrogen-bond donors (Lipinski definition) is 1. The van der Waals surface area contributed by atoms with Gasteiger partial charge in [0.05, 0.1) is 0 Å². The van der Waals surface area contributed by atoms with Crippen LogP contribution in [0.5, 0.6) is 0 Å². The number of benzene rings is 1. The summed E-state index contributed by atoms with van der Waals surface area (Å²) in [5.74, 6) is 2.30. The molecular formula is C16H22N4. The summed E-state index contributed by atoms with van der Waals surface area (Å²) in [6.07, 6.45) is 5.83. The van der Waals surface area contributed by atoms with Crippen molar-refractivity contribution >= 4 is 5.69 Å². The third-order valence-electron chi connectivity index (χ3n) is 3.92. The monoisotopic (exact) mass is 270 g/mol. The Balaban J connectivity index is 1.58. The molecule has 0 spiro atoms. The summed E-state index contributed by atoms with van der Waals surface area (Å²) in [6.45, 7) is 4.10. The van der Waals surface area contributed by atoms with Gasteiger partial charge in [0.15, 0.2) is 0 Å². The molecule has 2 heterocycles. The van der Waals surface area contributed by atoms with Crippen molar-refractivity contribution in [1.29, 1.82) is 0 Å². The molecule has 20 heavy (non-hydrogen) atoms. The summed E-state index contributed by atoms with van der Waals surface area (Å²) >= 11 is 0. The maximum absolute atomic E-state index is 4.36. The van der Waals surface area contributed by atoms with E-state index in [0.29, 0.717) is 0 Å². The molecule has 0 fully saturated rings. The first-order chi connectivity index (χ1) is 9.83. The number of rotatable bonds is 4. The molecule has 0 saturated heterocycles. The molecule has 4 heteroatoms. The number of aromatic nitrogens is 3. The number of nitrogens with zero attached hydrogens (tertiary/aromatic N) is 3. The molecule has 1 aromatic carbocycles. The lowest BCUT2D eigenvalue weighted by molar-refractivity contribution is 0.606. The summed E-state index contributed by atoms with van der Waals surface area (Å²) < 4.78 is 2.32. The molecule has 1 aliphatic heterocycles. The fourth-order valence-electron chi connectivity index (χ4n) is 2.72. The van der Waals surface area contributed by atoms with E-state index in [9.17, 15) is 0 Å². The number of aryl methyl sites for hydroxylation is 2. The first kappa shape index (κ1) is 13.2. The molecule has 3 rings (SSSR count). The van der Waals surface area contributed by atoms with E-state index in [-0.39, 0.29) is 0 Å². The fourth-order valence-corrected chi connectivity index (χ4v) is 2.72. The summed E-state index contributed by atoms with van der Waals surface area (Å²) in [4.78, 5) is 0. The molecule has 1 aliphatic rings. The SMILES string of the molecule is Cc1ccc(NCCc2nnc3n2CCCCC3)cc1. The number of anilines is 1. The first-order valence-corrected chi connectivity index (χ1v) is 7.54. The molecule has 2 aromatic rings. The third-order valence-corrected chi connectivity index (χ3v) is 3.92. The van der Waals surface area contributed by atoms with Crippen LogP contribution in [-0.4, -0.2) is 21.3 Å². The average Bonchev–Trinajstić information content (AvgIpc) is 2.70. The maximum Gasteiger partial charge on any atom is 0.134 e. The van der Waals surface area contributed by atoms with E-state index in [1.54, 1.807) is 0 Å². The molecule has 1 N–H and O–H groups in total. The minimum Gasteiger partial charge on any atom is -0.385 e. The van der Waals surface area contributed by atoms with Gasteiger partial charge in [0, 0.05) is 31.6 Å². The van der Waals surface area contributed by atoms with Crippen LogP contribution in [0.2, 0.25) is 0 Å². The Hall–Kier alpha value is -1.84. The van der Waals surface area contributed by atoms with E-state index in [1.807, 2.05) is 0 Å². The lowest BCUT2D eigenvalue weighted by Crippen LogP contribution is -2.11. The predicted molar refractivity (Wildman–Crippen MR) is 80.9 cm³/mol. The minimum absolute atomic E-state index is 0.904. The zero-order valence-corrected chi connectivity index (χ0v) is 12.1. The molecule has 0 amide bonds. The summed E-state index contributed by atoms with van der Waals surface area (Å²) in [5, 5.41) is 12.1. The van der Waals surface area contributed by atoms with Crippen molar-refractivity contribution in [2.75, 3.05) is 11.9 Å². The number of fused-ring (bicyclic) bond motifs is 1. The first-order valence-electron chi connectivity index (χ1n) is 7.54. The zero-order valence-electron chi connectivity index (χ0n) is 12.1. The molecule has 0 atom stereocenters. The van der Waals surface area contributed by atoms with Crippen molar-refractivity contribution in [3.05, 3.63) is 41.5 Å². The molecule has 0 radical (unpaired) electrons. The van der Waals surface area contributed by atoms with Gasteiger partial charge in [0.2, 0.25) is 0 Å². The molecule has 0 unspecified atom stereocenters. The highest BCUT2D eigenvalue weighted by Gasteiger charge is 2.13. The van der Waals surface area contributed by atoms with E-state index in [1.165, 1.54) is 36.3 Å². The van der Waals surface area contributed by atoms with Crippen LogP contribution in [0.1, 0.15) is 36.5 Å². The molecule has 106 valence electrons. The maximum atomic E-state index is 4.36. The van der Waals surface area contributed by atoms with Crippen LogP contribution in [0.15, 0.2) is 24.3 Å². The van der Waals surface area contributed by atoms with Gasteiger partial charge in [0.1, 0.15) is 11.6 Å². The van der Waals surface area contributed by atoms with Gasteiger partial charge in [0.25, 0.3) is 0 Å². The second-order valence-electron chi connectivity index (χ2n) is 5.54. The fraction of sp³-hybridized carbons (Fsp3) is 0.500.